The number of sulfonamides is 1. The van der Waals surface area contributed by atoms with Crippen molar-refractivity contribution in [1.29, 1.82) is 0 Å². The van der Waals surface area contributed by atoms with Crippen molar-refractivity contribution in [3.05, 3.63) is 48.8 Å². The molecule has 132 valence electrons. The topological polar surface area (TPSA) is 81.0 Å². The van der Waals surface area contributed by atoms with E-state index >= 15 is 0 Å². The average Bonchev–Trinajstić information content (AvgIpc) is 3.38. The van der Waals surface area contributed by atoms with E-state index in [1.54, 1.807) is 28.8 Å². The fourth-order valence-electron chi connectivity index (χ4n) is 3.55. The Balaban J connectivity index is 1.49. The van der Waals surface area contributed by atoms with Gasteiger partial charge in [-0.15, -0.1) is 0 Å². The van der Waals surface area contributed by atoms with Gasteiger partial charge in [-0.1, -0.05) is 18.2 Å². The summed E-state index contributed by atoms with van der Waals surface area (Å²) in [5, 5.41) is 0. The molecule has 0 radical (unpaired) electrons. The van der Waals surface area contributed by atoms with E-state index in [0.29, 0.717) is 24.1 Å². The number of rotatable bonds is 3. The summed E-state index contributed by atoms with van der Waals surface area (Å²) in [7, 11) is -3.61. The Morgan fingerprint density at radius 1 is 1.04 bits per heavy atom. The maximum Gasteiger partial charge on any atom is 0.245 e. The standard InChI is InChI=1S/C17H15N5O2S2/c23-26(24,16-7-3-5-14-17(16)20-25-19-14)21-9-8-12(10-21)22-11-18-13-4-1-2-6-15(13)22/h1-7,11-12H,8-10H2/t12-/m1/s1. The van der Waals surface area contributed by atoms with Crippen LogP contribution in [0.5, 0.6) is 0 Å². The monoisotopic (exact) mass is 385 g/mol. The van der Waals surface area contributed by atoms with E-state index in [1.165, 1.54) is 0 Å². The fourth-order valence-corrected chi connectivity index (χ4v) is 5.80. The van der Waals surface area contributed by atoms with Crippen LogP contribution < -0.4 is 0 Å². The van der Waals surface area contributed by atoms with Crippen molar-refractivity contribution in [2.45, 2.75) is 17.4 Å². The van der Waals surface area contributed by atoms with Gasteiger partial charge in [0.25, 0.3) is 0 Å². The molecule has 4 aromatic rings. The molecule has 1 aliphatic heterocycles. The van der Waals surface area contributed by atoms with E-state index in [4.69, 9.17) is 0 Å². The highest BCUT2D eigenvalue weighted by Crippen LogP contribution is 2.31. The number of benzene rings is 2. The number of imidazole rings is 1. The lowest BCUT2D eigenvalue weighted by Crippen LogP contribution is -2.29. The highest BCUT2D eigenvalue weighted by atomic mass is 32.2. The molecule has 0 unspecified atom stereocenters. The van der Waals surface area contributed by atoms with Crippen LogP contribution in [0, 0.1) is 0 Å². The maximum absolute atomic E-state index is 13.2. The molecule has 0 N–H and O–H groups in total. The Morgan fingerprint density at radius 2 is 1.88 bits per heavy atom. The molecule has 1 aliphatic rings. The molecule has 1 atom stereocenters. The fraction of sp³-hybridized carbons (Fsp3) is 0.235. The molecule has 2 aromatic heterocycles. The number of hydrogen-bond acceptors (Lipinski definition) is 6. The lowest BCUT2D eigenvalue weighted by molar-refractivity contribution is 0.455. The van der Waals surface area contributed by atoms with Gasteiger partial charge >= 0.3 is 0 Å². The van der Waals surface area contributed by atoms with Gasteiger partial charge in [0, 0.05) is 13.1 Å². The highest BCUT2D eigenvalue weighted by Gasteiger charge is 2.35. The van der Waals surface area contributed by atoms with Gasteiger partial charge in [0.1, 0.15) is 15.9 Å². The summed E-state index contributed by atoms with van der Waals surface area (Å²) in [6, 6.07) is 13.1. The summed E-state index contributed by atoms with van der Waals surface area (Å²) in [5.41, 5.74) is 3.02. The number of fused-ring (bicyclic) bond motifs is 2. The van der Waals surface area contributed by atoms with Gasteiger partial charge in [0.15, 0.2) is 0 Å². The summed E-state index contributed by atoms with van der Waals surface area (Å²) in [5.74, 6) is 0. The zero-order valence-corrected chi connectivity index (χ0v) is 15.3. The molecule has 7 nitrogen and oxygen atoms in total. The quantitative estimate of drug-likeness (QED) is 0.542. The van der Waals surface area contributed by atoms with Crippen LogP contribution in [0.4, 0.5) is 0 Å². The lowest BCUT2D eigenvalue weighted by Gasteiger charge is -2.17. The number of hydrogen-bond donors (Lipinski definition) is 0. The molecule has 1 fully saturated rings. The van der Waals surface area contributed by atoms with Crippen molar-refractivity contribution >= 4 is 43.8 Å². The minimum atomic E-state index is -3.61. The van der Waals surface area contributed by atoms with Crippen molar-refractivity contribution in [3.63, 3.8) is 0 Å². The second kappa shape index (κ2) is 5.83. The zero-order valence-electron chi connectivity index (χ0n) is 13.7. The Hall–Kier alpha value is -2.36. The molecule has 2 aromatic carbocycles. The van der Waals surface area contributed by atoms with Crippen molar-refractivity contribution < 1.29 is 8.42 Å². The van der Waals surface area contributed by atoms with E-state index in [2.05, 4.69) is 18.3 Å². The van der Waals surface area contributed by atoms with Crippen LogP contribution in [-0.2, 0) is 10.0 Å². The first-order valence-corrected chi connectivity index (χ1v) is 10.4. The van der Waals surface area contributed by atoms with Gasteiger partial charge in [0.2, 0.25) is 10.0 Å². The van der Waals surface area contributed by atoms with Gasteiger partial charge in [-0.05, 0) is 30.7 Å². The first-order valence-electron chi connectivity index (χ1n) is 8.27. The molecule has 26 heavy (non-hydrogen) atoms. The lowest BCUT2D eigenvalue weighted by atomic mass is 10.2. The molecule has 0 bridgehead atoms. The van der Waals surface area contributed by atoms with Crippen molar-refractivity contribution in [2.75, 3.05) is 13.1 Å². The van der Waals surface area contributed by atoms with Crippen molar-refractivity contribution in [1.82, 2.24) is 22.6 Å². The maximum atomic E-state index is 13.2. The van der Waals surface area contributed by atoms with E-state index in [1.807, 2.05) is 24.3 Å². The summed E-state index contributed by atoms with van der Waals surface area (Å²) in [6.07, 6.45) is 2.56. The van der Waals surface area contributed by atoms with Crippen LogP contribution in [0.15, 0.2) is 53.7 Å². The average molecular weight is 385 g/mol. The second-order valence-electron chi connectivity index (χ2n) is 6.33. The molecule has 0 aliphatic carbocycles. The van der Waals surface area contributed by atoms with Gasteiger partial charge in [0.05, 0.1) is 35.1 Å². The molecule has 5 rings (SSSR count). The van der Waals surface area contributed by atoms with Gasteiger partial charge in [-0.3, -0.25) is 0 Å². The van der Waals surface area contributed by atoms with E-state index in [9.17, 15) is 8.42 Å². The summed E-state index contributed by atoms with van der Waals surface area (Å²) in [4.78, 5) is 4.66. The molecular weight excluding hydrogens is 370 g/mol. The van der Waals surface area contributed by atoms with Crippen LogP contribution in [0.25, 0.3) is 22.1 Å². The Kier molecular flexibility index (Phi) is 3.56. The van der Waals surface area contributed by atoms with Crippen LogP contribution >= 0.6 is 11.7 Å². The molecule has 0 spiro atoms. The first-order chi connectivity index (χ1) is 12.6. The van der Waals surface area contributed by atoms with Crippen LogP contribution in [0.3, 0.4) is 0 Å². The minimum absolute atomic E-state index is 0.0740. The largest absolute Gasteiger partial charge is 0.326 e. The zero-order chi connectivity index (χ0) is 17.7. The Bertz CT molecular complexity index is 1210. The Labute approximate surface area is 154 Å². The third-order valence-corrected chi connectivity index (χ3v) is 7.31. The predicted molar refractivity (Wildman–Crippen MR) is 99.6 cm³/mol. The van der Waals surface area contributed by atoms with Crippen LogP contribution in [-0.4, -0.2) is 44.1 Å². The number of nitrogens with zero attached hydrogens (tertiary/aromatic N) is 5. The Morgan fingerprint density at radius 3 is 2.81 bits per heavy atom. The summed E-state index contributed by atoms with van der Waals surface area (Å²) >= 11 is 1.03. The molecule has 3 heterocycles. The van der Waals surface area contributed by atoms with Crippen LogP contribution in [0.1, 0.15) is 12.5 Å². The highest BCUT2D eigenvalue weighted by molar-refractivity contribution is 7.89. The minimum Gasteiger partial charge on any atom is -0.326 e. The molecule has 9 heteroatoms. The van der Waals surface area contributed by atoms with Crippen molar-refractivity contribution in [3.8, 4) is 0 Å². The molecule has 1 saturated heterocycles. The third kappa shape index (κ3) is 2.35. The first kappa shape index (κ1) is 15.9. The summed E-state index contributed by atoms with van der Waals surface area (Å²) in [6.45, 7) is 0.907. The smallest absolute Gasteiger partial charge is 0.245 e. The van der Waals surface area contributed by atoms with Crippen LogP contribution in [0.2, 0.25) is 0 Å². The van der Waals surface area contributed by atoms with Crippen molar-refractivity contribution in [2.24, 2.45) is 0 Å². The van der Waals surface area contributed by atoms with Gasteiger partial charge in [-0.2, -0.15) is 13.1 Å². The van der Waals surface area contributed by atoms with Gasteiger partial charge < -0.3 is 4.57 Å². The number of para-hydroxylation sites is 2. The molecule has 0 amide bonds. The SMILES string of the molecule is O=S(=O)(c1cccc2nsnc12)N1CC[C@@H](n2cnc3ccccc32)C1. The molecule has 0 saturated carbocycles. The summed E-state index contributed by atoms with van der Waals surface area (Å²) < 4.78 is 38.3. The molecular formula is C17H15N5O2S2. The van der Waals surface area contributed by atoms with E-state index in [-0.39, 0.29) is 10.9 Å². The van der Waals surface area contributed by atoms with E-state index in [0.717, 1.165) is 29.2 Å². The predicted octanol–water partition coefficient (Wildman–Crippen LogP) is 2.68. The third-order valence-electron chi connectivity index (χ3n) is 4.87. The number of aromatic nitrogens is 4. The van der Waals surface area contributed by atoms with E-state index < -0.39 is 10.0 Å². The second-order valence-corrected chi connectivity index (χ2v) is 8.77. The normalized spacial score (nSPS) is 18.8. The van der Waals surface area contributed by atoms with Gasteiger partial charge in [-0.25, -0.2) is 13.4 Å².